The Hall–Kier alpha value is -2.55. The van der Waals surface area contributed by atoms with Crippen LogP contribution in [0.5, 0.6) is 0 Å². The van der Waals surface area contributed by atoms with Crippen molar-refractivity contribution in [2.75, 3.05) is 5.43 Å². The fourth-order valence-corrected chi connectivity index (χ4v) is 3.17. The number of para-hydroxylation sites is 2. The number of hydrazone groups is 1. The number of aromatic nitrogens is 1. The Bertz CT molecular complexity index is 828. The third-order valence-electron chi connectivity index (χ3n) is 4.16. The van der Waals surface area contributed by atoms with Crippen LogP contribution in [-0.4, -0.2) is 10.3 Å². The number of rotatable bonds is 2. The molecule has 0 atom stereocenters. The minimum Gasteiger partial charge on any atom is -0.339 e. The Balaban J connectivity index is 1.76. The van der Waals surface area contributed by atoms with Crippen molar-refractivity contribution in [3.05, 3.63) is 65.9 Å². The molecule has 21 heavy (non-hydrogen) atoms. The molecule has 1 N–H and O–H groups in total. The Morgan fingerprint density at radius 3 is 2.62 bits per heavy atom. The first kappa shape index (κ1) is 12.2. The molecule has 0 unspecified atom stereocenters. The molecular formula is C18H17N3. The number of nitrogens with zero attached hydrogens (tertiary/aromatic N) is 2. The van der Waals surface area contributed by atoms with Crippen LogP contribution in [0, 0.1) is 6.92 Å². The zero-order valence-corrected chi connectivity index (χ0v) is 12.0. The molecule has 3 aromatic rings. The van der Waals surface area contributed by atoms with Crippen LogP contribution in [-0.2, 0) is 6.54 Å². The fraction of sp³-hybridized carbons (Fsp3) is 0.167. The van der Waals surface area contributed by atoms with E-state index in [4.69, 9.17) is 0 Å². The second kappa shape index (κ2) is 4.77. The van der Waals surface area contributed by atoms with Crippen LogP contribution >= 0.6 is 0 Å². The summed E-state index contributed by atoms with van der Waals surface area (Å²) in [6.45, 7) is 3.20. The number of hydrogen-bond donors (Lipinski definition) is 1. The first-order valence-corrected chi connectivity index (χ1v) is 7.30. The van der Waals surface area contributed by atoms with Crippen LogP contribution < -0.4 is 5.43 Å². The number of anilines is 1. The number of hydrogen-bond acceptors (Lipinski definition) is 2. The summed E-state index contributed by atoms with van der Waals surface area (Å²) in [5, 5.41) is 5.97. The van der Waals surface area contributed by atoms with Crippen LogP contribution in [0.4, 0.5) is 5.69 Å². The molecule has 0 radical (unpaired) electrons. The Morgan fingerprint density at radius 1 is 1.00 bits per heavy atom. The van der Waals surface area contributed by atoms with Crippen molar-refractivity contribution in [1.82, 2.24) is 4.57 Å². The normalized spacial score (nSPS) is 15.6. The quantitative estimate of drug-likeness (QED) is 0.699. The highest BCUT2D eigenvalue weighted by Crippen LogP contribution is 2.31. The van der Waals surface area contributed by atoms with Crippen molar-refractivity contribution < 1.29 is 0 Å². The van der Waals surface area contributed by atoms with Gasteiger partial charge in [0, 0.05) is 23.9 Å². The number of benzene rings is 2. The van der Waals surface area contributed by atoms with Gasteiger partial charge < -0.3 is 4.57 Å². The molecule has 3 nitrogen and oxygen atoms in total. The van der Waals surface area contributed by atoms with Crippen LogP contribution in [0.25, 0.3) is 10.9 Å². The SMILES string of the molecule is Cc1c2n(c3ccccc13)CC/C2=N\Nc1ccccc1. The standard InChI is InChI=1S/C18H17N3/c1-13-15-9-5-6-10-17(15)21-12-11-16(18(13)21)20-19-14-7-3-2-4-8-14/h2-10,19H,11-12H2,1H3/b20-16+. The predicted octanol–water partition coefficient (Wildman–Crippen LogP) is 4.17. The Morgan fingerprint density at radius 2 is 1.76 bits per heavy atom. The lowest BCUT2D eigenvalue weighted by Crippen LogP contribution is -2.01. The zero-order valence-electron chi connectivity index (χ0n) is 12.0. The molecule has 0 spiro atoms. The third kappa shape index (κ3) is 1.93. The fourth-order valence-electron chi connectivity index (χ4n) is 3.17. The molecule has 2 aromatic carbocycles. The Labute approximate surface area is 123 Å². The molecule has 104 valence electrons. The molecule has 1 aliphatic heterocycles. The van der Waals surface area contributed by atoms with Crippen molar-refractivity contribution in [2.24, 2.45) is 5.10 Å². The van der Waals surface area contributed by atoms with Gasteiger partial charge in [-0.25, -0.2) is 0 Å². The van der Waals surface area contributed by atoms with Crippen molar-refractivity contribution in [3.63, 3.8) is 0 Å². The van der Waals surface area contributed by atoms with E-state index in [1.807, 2.05) is 30.3 Å². The highest BCUT2D eigenvalue weighted by molar-refractivity contribution is 6.07. The summed E-state index contributed by atoms with van der Waals surface area (Å²) in [6.07, 6.45) is 0.987. The maximum absolute atomic E-state index is 4.64. The van der Waals surface area contributed by atoms with Crippen LogP contribution in [0.1, 0.15) is 17.7 Å². The van der Waals surface area contributed by atoms with E-state index >= 15 is 0 Å². The van der Waals surface area contributed by atoms with E-state index in [0.29, 0.717) is 0 Å². The van der Waals surface area contributed by atoms with Gasteiger partial charge in [0.15, 0.2) is 0 Å². The minimum atomic E-state index is 0.987. The smallest absolute Gasteiger partial charge is 0.0864 e. The summed E-state index contributed by atoms with van der Waals surface area (Å²) in [7, 11) is 0. The summed E-state index contributed by atoms with van der Waals surface area (Å²) in [6, 6.07) is 18.7. The van der Waals surface area contributed by atoms with E-state index < -0.39 is 0 Å². The molecule has 0 fully saturated rings. The van der Waals surface area contributed by atoms with E-state index in [1.165, 1.54) is 22.2 Å². The largest absolute Gasteiger partial charge is 0.339 e. The molecule has 0 saturated heterocycles. The molecule has 4 rings (SSSR count). The molecule has 1 aliphatic rings. The number of nitrogens with one attached hydrogen (secondary N) is 1. The molecule has 3 heteroatoms. The van der Waals surface area contributed by atoms with E-state index in [2.05, 4.69) is 46.3 Å². The van der Waals surface area contributed by atoms with Crippen molar-refractivity contribution in [3.8, 4) is 0 Å². The van der Waals surface area contributed by atoms with Gasteiger partial charge in [-0.3, -0.25) is 5.43 Å². The van der Waals surface area contributed by atoms with Crippen molar-refractivity contribution >= 4 is 22.3 Å². The number of fused-ring (bicyclic) bond motifs is 3. The average molecular weight is 275 g/mol. The van der Waals surface area contributed by atoms with Gasteiger partial charge in [-0.2, -0.15) is 5.10 Å². The lowest BCUT2D eigenvalue weighted by molar-refractivity contribution is 0.797. The molecule has 0 saturated carbocycles. The second-order valence-corrected chi connectivity index (χ2v) is 5.43. The first-order valence-electron chi connectivity index (χ1n) is 7.30. The maximum atomic E-state index is 4.64. The van der Waals surface area contributed by atoms with Gasteiger partial charge in [0.1, 0.15) is 0 Å². The first-order chi connectivity index (χ1) is 10.3. The summed E-state index contributed by atoms with van der Waals surface area (Å²) in [4.78, 5) is 0. The third-order valence-corrected chi connectivity index (χ3v) is 4.16. The van der Waals surface area contributed by atoms with Crippen LogP contribution in [0.15, 0.2) is 59.7 Å². The monoisotopic (exact) mass is 275 g/mol. The Kier molecular flexibility index (Phi) is 2.78. The molecule has 0 aliphatic carbocycles. The summed E-state index contributed by atoms with van der Waals surface area (Å²) < 4.78 is 2.39. The van der Waals surface area contributed by atoms with Gasteiger partial charge in [-0.1, -0.05) is 36.4 Å². The predicted molar refractivity (Wildman–Crippen MR) is 87.9 cm³/mol. The topological polar surface area (TPSA) is 29.3 Å². The molecule has 0 amide bonds. The average Bonchev–Trinajstić information content (AvgIpc) is 3.07. The van der Waals surface area contributed by atoms with Crippen molar-refractivity contribution in [2.45, 2.75) is 19.9 Å². The van der Waals surface area contributed by atoms with E-state index in [-0.39, 0.29) is 0 Å². The van der Waals surface area contributed by atoms with E-state index in [0.717, 1.165) is 24.4 Å². The van der Waals surface area contributed by atoms with E-state index in [1.54, 1.807) is 0 Å². The van der Waals surface area contributed by atoms with E-state index in [9.17, 15) is 0 Å². The van der Waals surface area contributed by atoms with Gasteiger partial charge in [0.25, 0.3) is 0 Å². The van der Waals surface area contributed by atoms with Crippen LogP contribution in [0.2, 0.25) is 0 Å². The highest BCUT2D eigenvalue weighted by atomic mass is 15.3. The van der Waals surface area contributed by atoms with Gasteiger partial charge in [-0.15, -0.1) is 0 Å². The van der Waals surface area contributed by atoms with Gasteiger partial charge in [0.2, 0.25) is 0 Å². The second-order valence-electron chi connectivity index (χ2n) is 5.43. The molecule has 1 aromatic heterocycles. The summed E-state index contributed by atoms with van der Waals surface area (Å²) in [5.41, 5.74) is 9.27. The van der Waals surface area contributed by atoms with Gasteiger partial charge in [-0.05, 0) is 30.7 Å². The molecular weight excluding hydrogens is 258 g/mol. The highest BCUT2D eigenvalue weighted by Gasteiger charge is 2.23. The maximum Gasteiger partial charge on any atom is 0.0864 e. The lowest BCUT2D eigenvalue weighted by Gasteiger charge is -2.02. The zero-order chi connectivity index (χ0) is 14.2. The molecule has 0 bridgehead atoms. The summed E-state index contributed by atoms with van der Waals surface area (Å²) in [5.74, 6) is 0. The van der Waals surface area contributed by atoms with Gasteiger partial charge in [0.05, 0.1) is 17.1 Å². The minimum absolute atomic E-state index is 0.987. The van der Waals surface area contributed by atoms with Crippen LogP contribution in [0.3, 0.4) is 0 Å². The molecule has 2 heterocycles. The lowest BCUT2D eigenvalue weighted by atomic mass is 10.1. The van der Waals surface area contributed by atoms with Crippen molar-refractivity contribution in [1.29, 1.82) is 0 Å². The summed E-state index contributed by atoms with van der Waals surface area (Å²) >= 11 is 0. The number of aryl methyl sites for hydroxylation is 2. The van der Waals surface area contributed by atoms with Gasteiger partial charge >= 0.3 is 0 Å².